The fourth-order valence-electron chi connectivity index (χ4n) is 3.54. The molecule has 0 saturated heterocycles. The van der Waals surface area contributed by atoms with E-state index in [1.54, 1.807) is 6.92 Å². The number of nitrogens with one attached hydrogen (secondary N) is 2. The molecule has 0 spiro atoms. The molecule has 31 heavy (non-hydrogen) atoms. The second-order valence-corrected chi connectivity index (χ2v) is 7.39. The smallest absolute Gasteiger partial charge is 0.345 e. The number of H-pyrrole nitrogens is 1. The van der Waals surface area contributed by atoms with Crippen molar-refractivity contribution >= 4 is 11.7 Å². The van der Waals surface area contributed by atoms with Crippen molar-refractivity contribution in [3.63, 3.8) is 0 Å². The minimum Gasteiger partial charge on any atom is -0.489 e. The van der Waals surface area contributed by atoms with Crippen LogP contribution in [0.15, 0.2) is 47.5 Å². The fraction of sp³-hybridized carbons (Fsp3) is 0.238. The van der Waals surface area contributed by atoms with Gasteiger partial charge in [0.05, 0.1) is 30.6 Å². The van der Waals surface area contributed by atoms with Gasteiger partial charge in [0.25, 0.3) is 0 Å². The maximum absolute atomic E-state index is 13.9. The Kier molecular flexibility index (Phi) is 5.22. The molecule has 3 aromatic rings. The highest BCUT2D eigenvalue weighted by atomic mass is 19.1. The van der Waals surface area contributed by atoms with Crippen LogP contribution < -0.4 is 15.7 Å². The van der Waals surface area contributed by atoms with Crippen molar-refractivity contribution in [1.29, 1.82) is 0 Å². The monoisotopic (exact) mass is 430 g/mol. The number of halogens is 3. The summed E-state index contributed by atoms with van der Waals surface area (Å²) in [7, 11) is 0. The first-order valence-electron chi connectivity index (χ1n) is 9.34. The summed E-state index contributed by atoms with van der Waals surface area (Å²) in [6.07, 6.45) is 2.47. The summed E-state index contributed by atoms with van der Waals surface area (Å²) in [5.74, 6) is -2.78. The third kappa shape index (κ3) is 4.27. The Bertz CT molecular complexity index is 1180. The molecule has 4 rings (SSSR count). The molecular weight excluding hydrogens is 413 g/mol. The predicted octanol–water partition coefficient (Wildman–Crippen LogP) is 2.87. The van der Waals surface area contributed by atoms with E-state index in [9.17, 15) is 22.8 Å². The molecular formula is C21H17F3N4O3. The van der Waals surface area contributed by atoms with Crippen LogP contribution in [0.25, 0.3) is 0 Å². The van der Waals surface area contributed by atoms with Crippen molar-refractivity contribution in [2.24, 2.45) is 5.92 Å². The first kappa shape index (κ1) is 20.6. The summed E-state index contributed by atoms with van der Waals surface area (Å²) >= 11 is 0. The van der Waals surface area contributed by atoms with Crippen LogP contribution in [0.3, 0.4) is 0 Å². The lowest BCUT2D eigenvalue weighted by Gasteiger charge is -2.20. The van der Waals surface area contributed by atoms with E-state index in [2.05, 4.69) is 20.3 Å². The number of nitrogens with zero attached hydrogens (tertiary/aromatic N) is 2. The van der Waals surface area contributed by atoms with E-state index in [1.165, 1.54) is 12.3 Å². The quantitative estimate of drug-likeness (QED) is 0.627. The van der Waals surface area contributed by atoms with Crippen LogP contribution in [-0.2, 0) is 10.2 Å². The number of amides is 1. The normalized spacial score (nSPS) is 19.7. The minimum atomic E-state index is -1.00. The lowest BCUT2D eigenvalue weighted by molar-refractivity contribution is -0.117. The second-order valence-electron chi connectivity index (χ2n) is 7.39. The van der Waals surface area contributed by atoms with E-state index in [0.29, 0.717) is 5.69 Å². The Hall–Kier alpha value is -3.69. The molecule has 1 aromatic carbocycles. The summed E-state index contributed by atoms with van der Waals surface area (Å²) in [4.78, 5) is 34.0. The Morgan fingerprint density at radius 2 is 1.90 bits per heavy atom. The van der Waals surface area contributed by atoms with Gasteiger partial charge in [0, 0.05) is 11.5 Å². The molecule has 0 bridgehead atoms. The van der Waals surface area contributed by atoms with Gasteiger partial charge in [-0.15, -0.1) is 0 Å². The molecule has 0 unspecified atom stereocenters. The number of aromatic amines is 1. The summed E-state index contributed by atoms with van der Waals surface area (Å²) in [5.41, 5.74) is -0.845. The summed E-state index contributed by atoms with van der Waals surface area (Å²) in [6.45, 7) is 1.53. The molecule has 10 heteroatoms. The molecule has 7 nitrogen and oxygen atoms in total. The van der Waals surface area contributed by atoms with Gasteiger partial charge in [-0.1, -0.05) is 0 Å². The van der Waals surface area contributed by atoms with E-state index in [-0.39, 0.29) is 30.2 Å². The SMILES string of the molecule is Cc1[nH]c(=O)ncc1OC[C@@]1(c2cc(F)cc(F)c2)C[C@H]1C(=O)Nc1ccc(F)cn1. The third-order valence-corrected chi connectivity index (χ3v) is 5.26. The Morgan fingerprint density at radius 3 is 2.55 bits per heavy atom. The van der Waals surface area contributed by atoms with E-state index in [1.807, 2.05) is 0 Å². The summed E-state index contributed by atoms with van der Waals surface area (Å²) in [6, 6.07) is 5.53. The number of ether oxygens (including phenoxy) is 1. The lowest BCUT2D eigenvalue weighted by atomic mass is 9.93. The summed E-state index contributed by atoms with van der Waals surface area (Å²) in [5, 5.41) is 2.58. The first-order chi connectivity index (χ1) is 14.8. The molecule has 1 amide bonds. The van der Waals surface area contributed by atoms with Gasteiger partial charge in [0.1, 0.15) is 23.3 Å². The predicted molar refractivity (Wildman–Crippen MR) is 104 cm³/mol. The fourth-order valence-corrected chi connectivity index (χ4v) is 3.54. The highest BCUT2D eigenvalue weighted by molar-refractivity contribution is 5.95. The van der Waals surface area contributed by atoms with Gasteiger partial charge in [0.2, 0.25) is 5.91 Å². The van der Waals surface area contributed by atoms with Crippen molar-refractivity contribution in [1.82, 2.24) is 15.0 Å². The highest BCUT2D eigenvalue weighted by Gasteiger charge is 2.60. The molecule has 2 heterocycles. The van der Waals surface area contributed by atoms with Crippen molar-refractivity contribution < 1.29 is 22.7 Å². The number of hydrogen-bond acceptors (Lipinski definition) is 5. The maximum atomic E-state index is 13.9. The third-order valence-electron chi connectivity index (χ3n) is 5.26. The largest absolute Gasteiger partial charge is 0.489 e. The average Bonchev–Trinajstić information content (AvgIpc) is 3.44. The minimum absolute atomic E-state index is 0.0839. The zero-order valence-corrected chi connectivity index (χ0v) is 16.3. The topological polar surface area (TPSA) is 97.0 Å². The van der Waals surface area contributed by atoms with Crippen LogP contribution in [0, 0.1) is 30.3 Å². The van der Waals surface area contributed by atoms with Crippen LogP contribution in [0.5, 0.6) is 5.75 Å². The first-order valence-corrected chi connectivity index (χ1v) is 9.34. The number of hydrogen-bond donors (Lipinski definition) is 2. The number of anilines is 1. The molecule has 0 radical (unpaired) electrons. The molecule has 1 saturated carbocycles. The van der Waals surface area contributed by atoms with E-state index < -0.39 is 40.4 Å². The lowest BCUT2D eigenvalue weighted by Crippen LogP contribution is -2.27. The van der Waals surface area contributed by atoms with Gasteiger partial charge < -0.3 is 15.0 Å². The average molecular weight is 430 g/mol. The van der Waals surface area contributed by atoms with E-state index >= 15 is 0 Å². The van der Waals surface area contributed by atoms with Crippen molar-refractivity contribution in [2.45, 2.75) is 18.8 Å². The van der Waals surface area contributed by atoms with Crippen LogP contribution in [0.2, 0.25) is 0 Å². The van der Waals surface area contributed by atoms with E-state index in [4.69, 9.17) is 4.74 Å². The van der Waals surface area contributed by atoms with Gasteiger partial charge in [-0.3, -0.25) is 4.79 Å². The van der Waals surface area contributed by atoms with E-state index in [0.717, 1.165) is 30.5 Å². The summed E-state index contributed by atoms with van der Waals surface area (Å²) < 4.78 is 46.6. The number of rotatable bonds is 6. The Balaban J connectivity index is 1.60. The van der Waals surface area contributed by atoms with Gasteiger partial charge in [-0.25, -0.2) is 22.9 Å². The van der Waals surface area contributed by atoms with Crippen LogP contribution in [-0.4, -0.2) is 27.5 Å². The Labute approximate surface area is 174 Å². The zero-order chi connectivity index (χ0) is 22.2. The van der Waals surface area contributed by atoms with Crippen LogP contribution >= 0.6 is 0 Å². The molecule has 160 valence electrons. The number of aromatic nitrogens is 3. The molecule has 1 fully saturated rings. The van der Waals surface area contributed by atoms with Crippen molar-refractivity contribution in [3.8, 4) is 5.75 Å². The van der Waals surface area contributed by atoms with Crippen LogP contribution in [0.1, 0.15) is 17.7 Å². The number of carbonyl (C=O) groups excluding carboxylic acids is 1. The zero-order valence-electron chi connectivity index (χ0n) is 16.3. The molecule has 2 aromatic heterocycles. The van der Waals surface area contributed by atoms with Gasteiger partial charge in [-0.2, -0.15) is 4.98 Å². The Morgan fingerprint density at radius 1 is 1.16 bits per heavy atom. The molecule has 1 aliphatic rings. The molecule has 2 atom stereocenters. The maximum Gasteiger partial charge on any atom is 0.345 e. The van der Waals surface area contributed by atoms with Crippen molar-refractivity contribution in [3.05, 3.63) is 81.9 Å². The van der Waals surface area contributed by atoms with Crippen molar-refractivity contribution in [2.75, 3.05) is 11.9 Å². The molecule has 1 aliphatic carbocycles. The van der Waals surface area contributed by atoms with Gasteiger partial charge >= 0.3 is 5.69 Å². The second kappa shape index (κ2) is 7.86. The van der Waals surface area contributed by atoms with Crippen LogP contribution in [0.4, 0.5) is 19.0 Å². The standard InChI is InChI=1S/C21H17F3N4O3/c1-11-17(9-26-20(30)27-11)31-10-21(12-4-14(23)6-15(24)5-12)7-16(21)19(29)28-18-3-2-13(22)8-25-18/h2-6,8-9,16H,7,10H2,1H3,(H,25,28,29)(H,26,27,30)/t16-,21+/m0/s1. The molecule has 2 N–H and O–H groups in total. The highest BCUT2D eigenvalue weighted by Crippen LogP contribution is 2.55. The van der Waals surface area contributed by atoms with Gasteiger partial charge in [0.15, 0.2) is 5.75 Å². The molecule has 0 aliphatic heterocycles. The number of pyridine rings is 1. The number of aryl methyl sites for hydroxylation is 1. The van der Waals surface area contributed by atoms with Gasteiger partial charge in [-0.05, 0) is 43.2 Å². The number of carbonyl (C=O) groups is 1. The number of benzene rings is 1.